The van der Waals surface area contributed by atoms with E-state index in [2.05, 4.69) is 6.26 Å². The summed E-state index contributed by atoms with van der Waals surface area (Å²) in [5, 5.41) is 0.791. The minimum absolute atomic E-state index is 0.0224. The molecule has 0 aliphatic carbocycles. The predicted molar refractivity (Wildman–Crippen MR) is 40.0 cm³/mol. The average molecular weight is 167 g/mol. The highest BCUT2D eigenvalue weighted by molar-refractivity contribution is 5.77. The Hall–Kier alpha value is -1.38. The fourth-order valence-corrected chi connectivity index (χ4v) is 1.05. The number of furan rings is 1. The lowest BCUT2D eigenvalue weighted by atomic mass is 10.2. The summed E-state index contributed by atoms with van der Waals surface area (Å²) in [4.78, 5) is 0. The van der Waals surface area contributed by atoms with Crippen LogP contribution in [-0.2, 0) is 0 Å². The van der Waals surface area contributed by atoms with E-state index in [1.807, 2.05) is 0 Å². The minimum atomic E-state index is -2.44. The molecule has 0 fully saturated rings. The van der Waals surface area contributed by atoms with E-state index in [9.17, 15) is 8.78 Å². The highest BCUT2D eigenvalue weighted by Crippen LogP contribution is 2.23. The Morgan fingerprint density at radius 3 is 2.92 bits per heavy atom. The molecule has 2 rings (SSSR count). The normalized spacial score (nSPS) is 11.2. The number of hydrogen-bond donors (Lipinski definition) is 0. The lowest BCUT2D eigenvalue weighted by molar-refractivity contribution is 0.151. The van der Waals surface area contributed by atoms with Crippen LogP contribution in [0.5, 0.6) is 0 Å². The Bertz CT molecular complexity index is 392. The third-order valence-corrected chi connectivity index (χ3v) is 1.67. The molecule has 0 spiro atoms. The quantitative estimate of drug-likeness (QED) is 0.635. The van der Waals surface area contributed by atoms with Gasteiger partial charge in [0.1, 0.15) is 5.58 Å². The number of halogens is 2. The van der Waals surface area contributed by atoms with Gasteiger partial charge in [-0.15, -0.1) is 0 Å². The van der Waals surface area contributed by atoms with Crippen molar-refractivity contribution in [1.29, 1.82) is 0 Å². The van der Waals surface area contributed by atoms with Crippen molar-refractivity contribution in [3.8, 4) is 0 Å². The van der Waals surface area contributed by atoms with Gasteiger partial charge in [0.15, 0.2) is 6.26 Å². The zero-order valence-corrected chi connectivity index (χ0v) is 6.05. The van der Waals surface area contributed by atoms with Crippen LogP contribution >= 0.6 is 0 Å². The maximum atomic E-state index is 12.1. The van der Waals surface area contributed by atoms with E-state index >= 15 is 0 Å². The third kappa shape index (κ3) is 1.07. The van der Waals surface area contributed by atoms with E-state index in [-0.39, 0.29) is 5.56 Å². The van der Waals surface area contributed by atoms with Gasteiger partial charge in [-0.1, -0.05) is 12.1 Å². The van der Waals surface area contributed by atoms with E-state index in [4.69, 9.17) is 4.42 Å². The summed E-state index contributed by atoms with van der Waals surface area (Å²) in [7, 11) is 0. The molecule has 0 unspecified atom stereocenters. The lowest BCUT2D eigenvalue weighted by Gasteiger charge is -1.97. The van der Waals surface area contributed by atoms with Crippen molar-refractivity contribution in [2.24, 2.45) is 0 Å². The Balaban J connectivity index is 2.60. The molecule has 1 aromatic heterocycles. The van der Waals surface area contributed by atoms with Crippen LogP contribution < -0.4 is 0 Å². The molecule has 12 heavy (non-hydrogen) atoms. The van der Waals surface area contributed by atoms with Crippen LogP contribution in [0.1, 0.15) is 12.0 Å². The van der Waals surface area contributed by atoms with Crippen LogP contribution in [0.4, 0.5) is 8.78 Å². The van der Waals surface area contributed by atoms with Gasteiger partial charge in [-0.2, -0.15) is 0 Å². The predicted octanol–water partition coefficient (Wildman–Crippen LogP) is 3.17. The second-order valence-electron chi connectivity index (χ2n) is 2.46. The molecule has 0 aliphatic heterocycles. The molecule has 0 saturated carbocycles. The molecule has 1 aromatic carbocycles. The van der Waals surface area contributed by atoms with Gasteiger partial charge in [0.2, 0.25) is 0 Å². The SMILES string of the molecule is FC(F)c1ccc2c[c]oc2c1. The van der Waals surface area contributed by atoms with Crippen molar-refractivity contribution in [2.45, 2.75) is 6.43 Å². The lowest BCUT2D eigenvalue weighted by Crippen LogP contribution is -1.81. The summed E-state index contributed by atoms with van der Waals surface area (Å²) in [6.45, 7) is 0. The van der Waals surface area contributed by atoms with E-state index in [1.54, 1.807) is 12.1 Å². The van der Waals surface area contributed by atoms with E-state index in [0.29, 0.717) is 5.58 Å². The molecule has 0 aliphatic rings. The van der Waals surface area contributed by atoms with Crippen LogP contribution in [-0.4, -0.2) is 0 Å². The standard InChI is InChI=1S/C9H5F2O/c10-9(11)7-2-1-6-3-4-12-8(6)5-7/h1-3,5,9H. The fourth-order valence-electron chi connectivity index (χ4n) is 1.05. The maximum Gasteiger partial charge on any atom is 0.263 e. The van der Waals surface area contributed by atoms with Crippen molar-refractivity contribution in [2.75, 3.05) is 0 Å². The first kappa shape index (κ1) is 7.28. The molecule has 61 valence electrons. The van der Waals surface area contributed by atoms with Gasteiger partial charge in [-0.3, -0.25) is 0 Å². The van der Waals surface area contributed by atoms with E-state index in [0.717, 1.165) is 5.39 Å². The molecule has 2 aromatic rings. The topological polar surface area (TPSA) is 13.1 Å². The van der Waals surface area contributed by atoms with Crippen molar-refractivity contribution in [3.05, 3.63) is 36.1 Å². The second kappa shape index (κ2) is 2.59. The number of fused-ring (bicyclic) bond motifs is 1. The number of hydrogen-bond acceptors (Lipinski definition) is 1. The average Bonchev–Trinajstić information content (AvgIpc) is 2.49. The summed E-state index contributed by atoms with van der Waals surface area (Å²) < 4.78 is 29.1. The molecular formula is C9H5F2O. The minimum Gasteiger partial charge on any atom is -0.453 e. The van der Waals surface area contributed by atoms with Crippen molar-refractivity contribution >= 4 is 11.0 Å². The molecule has 1 heterocycles. The summed E-state index contributed by atoms with van der Waals surface area (Å²) in [5.41, 5.74) is 0.429. The van der Waals surface area contributed by atoms with Gasteiger partial charge in [-0.25, -0.2) is 8.78 Å². The van der Waals surface area contributed by atoms with Gasteiger partial charge in [0, 0.05) is 10.9 Å². The molecule has 1 radical (unpaired) electrons. The van der Waals surface area contributed by atoms with Gasteiger partial charge >= 0.3 is 0 Å². The number of alkyl halides is 2. The van der Waals surface area contributed by atoms with Crippen LogP contribution in [0, 0.1) is 6.26 Å². The highest BCUT2D eigenvalue weighted by atomic mass is 19.3. The van der Waals surface area contributed by atoms with Crippen LogP contribution in [0.2, 0.25) is 0 Å². The smallest absolute Gasteiger partial charge is 0.263 e. The summed E-state index contributed by atoms with van der Waals surface area (Å²) in [5.74, 6) is 0. The summed E-state index contributed by atoms with van der Waals surface area (Å²) >= 11 is 0. The van der Waals surface area contributed by atoms with Crippen LogP contribution in [0.3, 0.4) is 0 Å². The van der Waals surface area contributed by atoms with Crippen molar-refractivity contribution < 1.29 is 13.2 Å². The molecular weight excluding hydrogens is 162 g/mol. The first-order valence-electron chi connectivity index (χ1n) is 3.45. The third-order valence-electron chi connectivity index (χ3n) is 1.67. The van der Waals surface area contributed by atoms with E-state index in [1.165, 1.54) is 12.1 Å². The van der Waals surface area contributed by atoms with Gasteiger partial charge in [0.25, 0.3) is 6.43 Å². The summed E-state index contributed by atoms with van der Waals surface area (Å²) in [6, 6.07) is 5.92. The van der Waals surface area contributed by atoms with E-state index < -0.39 is 6.43 Å². The molecule has 1 nitrogen and oxygen atoms in total. The highest BCUT2D eigenvalue weighted by Gasteiger charge is 2.07. The zero-order valence-electron chi connectivity index (χ0n) is 6.05. The Labute approximate surface area is 67.6 Å². The van der Waals surface area contributed by atoms with Crippen molar-refractivity contribution in [3.63, 3.8) is 0 Å². The first-order valence-corrected chi connectivity index (χ1v) is 3.45. The molecule has 0 amide bonds. The van der Waals surface area contributed by atoms with Crippen LogP contribution in [0.15, 0.2) is 28.7 Å². The van der Waals surface area contributed by atoms with Crippen molar-refractivity contribution in [1.82, 2.24) is 0 Å². The Morgan fingerprint density at radius 1 is 1.33 bits per heavy atom. The fraction of sp³-hybridized carbons (Fsp3) is 0.111. The monoisotopic (exact) mass is 167 g/mol. The molecule has 0 saturated heterocycles. The number of benzene rings is 1. The Morgan fingerprint density at radius 2 is 2.17 bits per heavy atom. The molecule has 0 bridgehead atoms. The van der Waals surface area contributed by atoms with Gasteiger partial charge < -0.3 is 4.42 Å². The maximum absolute atomic E-state index is 12.1. The summed E-state index contributed by atoms with van der Waals surface area (Å²) in [6.07, 6.45) is 0.0390. The molecule has 3 heteroatoms. The van der Waals surface area contributed by atoms with Gasteiger partial charge in [-0.05, 0) is 12.1 Å². The molecule has 0 atom stereocenters. The zero-order chi connectivity index (χ0) is 8.55. The van der Waals surface area contributed by atoms with Crippen LogP contribution in [0.25, 0.3) is 11.0 Å². The number of rotatable bonds is 1. The molecule has 0 N–H and O–H groups in total. The Kier molecular flexibility index (Phi) is 1.57. The second-order valence-corrected chi connectivity index (χ2v) is 2.46. The first-order chi connectivity index (χ1) is 5.77. The van der Waals surface area contributed by atoms with Gasteiger partial charge in [0.05, 0.1) is 0 Å². The largest absolute Gasteiger partial charge is 0.453 e.